The van der Waals surface area contributed by atoms with E-state index in [0.29, 0.717) is 13.0 Å². The van der Waals surface area contributed by atoms with Gasteiger partial charge in [0.2, 0.25) is 5.13 Å². The Kier molecular flexibility index (Phi) is 4.85. The minimum absolute atomic E-state index is 0.235. The number of carbonyl (C=O) groups is 1. The number of hydrogen-bond acceptors (Lipinski definition) is 6. The van der Waals surface area contributed by atoms with Gasteiger partial charge in [0.15, 0.2) is 0 Å². The first-order chi connectivity index (χ1) is 9.28. The van der Waals surface area contributed by atoms with Crippen LogP contribution in [0, 0.1) is 0 Å². The molecule has 0 bridgehead atoms. The second kappa shape index (κ2) is 6.84. The summed E-state index contributed by atoms with van der Waals surface area (Å²) < 4.78 is 4.56. The third-order valence-corrected chi connectivity index (χ3v) is 3.38. The van der Waals surface area contributed by atoms with E-state index in [1.165, 1.54) is 24.0 Å². The molecule has 0 aliphatic rings. The van der Waals surface area contributed by atoms with Crippen LogP contribution in [0.3, 0.4) is 0 Å². The van der Waals surface area contributed by atoms with Crippen molar-refractivity contribution in [2.45, 2.75) is 12.8 Å². The van der Waals surface area contributed by atoms with Crippen LogP contribution in [0.4, 0.5) is 5.13 Å². The average Bonchev–Trinajstić information content (AvgIpc) is 2.87. The van der Waals surface area contributed by atoms with E-state index < -0.39 is 0 Å². The van der Waals surface area contributed by atoms with Gasteiger partial charge in [-0.15, -0.1) is 10.2 Å². The van der Waals surface area contributed by atoms with Crippen LogP contribution in [0.25, 0.3) is 0 Å². The molecule has 0 radical (unpaired) electrons. The van der Waals surface area contributed by atoms with Crippen molar-refractivity contribution in [2.75, 3.05) is 19.0 Å². The van der Waals surface area contributed by atoms with E-state index in [-0.39, 0.29) is 5.97 Å². The van der Waals surface area contributed by atoms with Crippen LogP contribution >= 0.6 is 11.3 Å². The quantitative estimate of drug-likeness (QED) is 0.819. The number of hydrogen-bond donors (Lipinski definition) is 1. The second-order valence-electron chi connectivity index (χ2n) is 3.92. The Balaban J connectivity index is 1.84. The zero-order chi connectivity index (χ0) is 13.5. The number of anilines is 1. The number of rotatable bonds is 6. The molecular formula is C13H15N3O2S. The van der Waals surface area contributed by atoms with Crippen LogP contribution in [0.1, 0.15) is 17.0 Å². The predicted molar refractivity (Wildman–Crippen MR) is 74.3 cm³/mol. The Morgan fingerprint density at radius 2 is 2.11 bits per heavy atom. The Morgan fingerprint density at radius 1 is 1.32 bits per heavy atom. The molecule has 0 saturated carbocycles. The minimum atomic E-state index is -0.235. The molecule has 0 amide bonds. The first-order valence-electron chi connectivity index (χ1n) is 5.95. The molecule has 0 unspecified atom stereocenters. The second-order valence-corrected chi connectivity index (χ2v) is 4.98. The summed E-state index contributed by atoms with van der Waals surface area (Å²) >= 11 is 1.50. The summed E-state index contributed by atoms with van der Waals surface area (Å²) in [5.74, 6) is -0.235. The highest BCUT2D eigenvalue weighted by molar-refractivity contribution is 7.15. The Hall–Kier alpha value is -1.95. The monoisotopic (exact) mass is 277 g/mol. The lowest BCUT2D eigenvalue weighted by Crippen LogP contribution is -2.09. The molecule has 1 aromatic carbocycles. The van der Waals surface area contributed by atoms with Gasteiger partial charge in [-0.05, 0) is 5.56 Å². The van der Waals surface area contributed by atoms with Crippen molar-refractivity contribution < 1.29 is 9.53 Å². The van der Waals surface area contributed by atoms with Crippen LogP contribution in [0.2, 0.25) is 0 Å². The van der Waals surface area contributed by atoms with E-state index >= 15 is 0 Å². The van der Waals surface area contributed by atoms with Gasteiger partial charge in [0.05, 0.1) is 13.5 Å². The summed E-state index contributed by atoms with van der Waals surface area (Å²) in [7, 11) is 1.38. The van der Waals surface area contributed by atoms with Gasteiger partial charge >= 0.3 is 5.97 Å². The SMILES string of the molecule is COC(=O)CCNc1nnc(Cc2ccccc2)s1. The molecule has 1 heterocycles. The molecule has 0 saturated heterocycles. The third-order valence-electron chi connectivity index (χ3n) is 2.50. The van der Waals surface area contributed by atoms with Crippen molar-refractivity contribution >= 4 is 22.4 Å². The van der Waals surface area contributed by atoms with Gasteiger partial charge in [0.1, 0.15) is 5.01 Å². The Morgan fingerprint density at radius 3 is 2.84 bits per heavy atom. The van der Waals surface area contributed by atoms with Gasteiger partial charge in [0.25, 0.3) is 0 Å². The first-order valence-corrected chi connectivity index (χ1v) is 6.76. The minimum Gasteiger partial charge on any atom is -0.469 e. The Bertz CT molecular complexity index is 528. The fraction of sp³-hybridized carbons (Fsp3) is 0.308. The summed E-state index contributed by atoms with van der Waals surface area (Å²) in [6.07, 6.45) is 1.10. The molecule has 6 heteroatoms. The van der Waals surface area contributed by atoms with Crippen molar-refractivity contribution in [3.8, 4) is 0 Å². The number of esters is 1. The number of aromatic nitrogens is 2. The highest BCUT2D eigenvalue weighted by Crippen LogP contribution is 2.18. The van der Waals surface area contributed by atoms with Crippen LogP contribution < -0.4 is 5.32 Å². The molecule has 1 aromatic heterocycles. The van der Waals surface area contributed by atoms with Crippen LogP contribution in [0.15, 0.2) is 30.3 Å². The number of carbonyl (C=O) groups excluding carboxylic acids is 1. The number of nitrogens with one attached hydrogen (secondary N) is 1. The van der Waals surface area contributed by atoms with Gasteiger partial charge in [-0.3, -0.25) is 4.79 Å². The number of nitrogens with zero attached hydrogens (tertiary/aromatic N) is 2. The first kappa shape index (κ1) is 13.5. The Labute approximate surface area is 115 Å². The van der Waals surface area contributed by atoms with Crippen molar-refractivity contribution in [3.05, 3.63) is 40.9 Å². The van der Waals surface area contributed by atoms with E-state index in [2.05, 4.69) is 32.4 Å². The molecule has 0 aliphatic carbocycles. The summed E-state index contributed by atoms with van der Waals surface area (Å²) in [4.78, 5) is 11.0. The topological polar surface area (TPSA) is 64.1 Å². The van der Waals surface area contributed by atoms with Crippen molar-refractivity contribution in [1.29, 1.82) is 0 Å². The summed E-state index contributed by atoms with van der Waals surface area (Å²) in [6.45, 7) is 0.507. The molecule has 0 spiro atoms. The summed E-state index contributed by atoms with van der Waals surface area (Å²) in [6, 6.07) is 10.1. The van der Waals surface area contributed by atoms with E-state index in [1.54, 1.807) is 0 Å². The highest BCUT2D eigenvalue weighted by Gasteiger charge is 2.05. The fourth-order valence-electron chi connectivity index (χ4n) is 1.54. The molecule has 19 heavy (non-hydrogen) atoms. The zero-order valence-corrected chi connectivity index (χ0v) is 11.4. The summed E-state index contributed by atoms with van der Waals surface area (Å²) in [5, 5.41) is 12.9. The molecule has 5 nitrogen and oxygen atoms in total. The largest absolute Gasteiger partial charge is 0.469 e. The molecule has 100 valence electrons. The van der Waals surface area contributed by atoms with Gasteiger partial charge in [-0.25, -0.2) is 0 Å². The number of benzene rings is 1. The molecule has 0 aliphatic heterocycles. The molecule has 0 atom stereocenters. The number of methoxy groups -OCH3 is 1. The fourth-order valence-corrected chi connectivity index (χ4v) is 2.34. The smallest absolute Gasteiger partial charge is 0.307 e. The molecule has 1 N–H and O–H groups in total. The van der Waals surface area contributed by atoms with Crippen molar-refractivity contribution in [2.24, 2.45) is 0 Å². The zero-order valence-electron chi connectivity index (χ0n) is 10.6. The molecular weight excluding hydrogens is 262 g/mol. The maximum absolute atomic E-state index is 11.0. The summed E-state index contributed by atoms with van der Waals surface area (Å²) in [5.41, 5.74) is 1.21. The lowest BCUT2D eigenvalue weighted by molar-refractivity contribution is -0.140. The van der Waals surface area contributed by atoms with Crippen LogP contribution in [-0.2, 0) is 16.0 Å². The van der Waals surface area contributed by atoms with E-state index in [9.17, 15) is 4.79 Å². The lowest BCUT2D eigenvalue weighted by Gasteiger charge is -1.99. The van der Waals surface area contributed by atoms with Gasteiger partial charge in [-0.1, -0.05) is 41.7 Å². The van der Waals surface area contributed by atoms with E-state index in [0.717, 1.165) is 16.6 Å². The number of ether oxygens (including phenoxy) is 1. The van der Waals surface area contributed by atoms with Gasteiger partial charge in [0, 0.05) is 13.0 Å². The van der Waals surface area contributed by atoms with Gasteiger partial charge in [-0.2, -0.15) is 0 Å². The van der Waals surface area contributed by atoms with Crippen LogP contribution in [0.5, 0.6) is 0 Å². The molecule has 0 fully saturated rings. The predicted octanol–water partition coefficient (Wildman–Crippen LogP) is 2.10. The van der Waals surface area contributed by atoms with Crippen LogP contribution in [-0.4, -0.2) is 29.8 Å². The van der Waals surface area contributed by atoms with Gasteiger partial charge < -0.3 is 10.1 Å². The van der Waals surface area contributed by atoms with Crippen molar-refractivity contribution in [3.63, 3.8) is 0 Å². The van der Waals surface area contributed by atoms with E-state index in [4.69, 9.17) is 0 Å². The molecule has 2 aromatic rings. The average molecular weight is 277 g/mol. The maximum Gasteiger partial charge on any atom is 0.307 e. The maximum atomic E-state index is 11.0. The third kappa shape index (κ3) is 4.33. The van der Waals surface area contributed by atoms with E-state index in [1.807, 2.05) is 18.2 Å². The van der Waals surface area contributed by atoms with Crippen molar-refractivity contribution in [1.82, 2.24) is 10.2 Å². The normalized spacial score (nSPS) is 10.2. The standard InChI is InChI=1S/C13H15N3O2S/c1-18-12(17)7-8-14-13-16-15-11(19-13)9-10-5-3-2-4-6-10/h2-6H,7-9H2,1H3,(H,14,16). The highest BCUT2D eigenvalue weighted by atomic mass is 32.1. The lowest BCUT2D eigenvalue weighted by atomic mass is 10.2. The molecule has 2 rings (SSSR count).